The Kier molecular flexibility index (Phi) is 6.87. The van der Waals surface area contributed by atoms with Gasteiger partial charge in [0.2, 0.25) is 0 Å². The Bertz CT molecular complexity index is 2410. The summed E-state index contributed by atoms with van der Waals surface area (Å²) in [5, 5.41) is 13.9. The molecule has 46 heavy (non-hydrogen) atoms. The van der Waals surface area contributed by atoms with E-state index in [1.54, 1.807) is 0 Å². The molecule has 0 spiro atoms. The van der Waals surface area contributed by atoms with Crippen LogP contribution in [-0.4, -0.2) is 9.97 Å². The van der Waals surface area contributed by atoms with Gasteiger partial charge in [-0.25, -0.2) is 9.97 Å². The highest BCUT2D eigenvalue weighted by molar-refractivity contribution is 6.07. The molecule has 3 heteroatoms. The Hall–Kier alpha value is -6.37. The van der Waals surface area contributed by atoms with Crippen molar-refractivity contribution in [3.05, 3.63) is 169 Å². The zero-order valence-corrected chi connectivity index (χ0v) is 24.9. The molecule has 0 atom stereocenters. The molecule has 1 aromatic heterocycles. The Balaban J connectivity index is 1.35. The minimum absolute atomic E-state index is 0.649. The quantitative estimate of drug-likeness (QED) is 0.202. The molecule has 0 aliphatic carbocycles. The number of fused-ring (bicyclic) bond motifs is 2. The van der Waals surface area contributed by atoms with Crippen LogP contribution in [0.15, 0.2) is 164 Å². The summed E-state index contributed by atoms with van der Waals surface area (Å²) in [6.45, 7) is 0. The van der Waals surface area contributed by atoms with Crippen molar-refractivity contribution < 1.29 is 0 Å². The van der Waals surface area contributed by atoms with Gasteiger partial charge < -0.3 is 0 Å². The zero-order chi connectivity index (χ0) is 30.9. The topological polar surface area (TPSA) is 49.6 Å². The molecule has 0 unspecified atom stereocenters. The summed E-state index contributed by atoms with van der Waals surface area (Å²) in [4.78, 5) is 10.3. The standard InChI is InChI=1S/C43H27N3/c44-28-29-19-21-31(22-20-29)34-24-26-40(38-18-10-8-16-36(34)38)42-27-41(45-43(46-42)32-13-5-2-6-14-32)39-25-23-33(30-11-3-1-4-12-30)35-15-7-9-17-37(35)39/h1-27H. The number of nitrogens with zero attached hydrogens (tertiary/aromatic N) is 3. The van der Waals surface area contributed by atoms with E-state index in [2.05, 4.69) is 121 Å². The van der Waals surface area contributed by atoms with Crippen LogP contribution in [0, 0.1) is 11.3 Å². The van der Waals surface area contributed by atoms with Crippen LogP contribution in [0.2, 0.25) is 0 Å². The van der Waals surface area contributed by atoms with Gasteiger partial charge in [-0.3, -0.25) is 0 Å². The fraction of sp³-hybridized carbons (Fsp3) is 0. The van der Waals surface area contributed by atoms with Gasteiger partial charge in [0.25, 0.3) is 0 Å². The fourth-order valence-corrected chi connectivity index (χ4v) is 6.33. The predicted octanol–water partition coefficient (Wildman–Crippen LogP) is 11.0. The zero-order valence-electron chi connectivity index (χ0n) is 24.9. The SMILES string of the molecule is N#Cc1ccc(-c2ccc(-c3cc(-c4ccc(-c5ccccc5)c5ccccc45)nc(-c4ccccc4)n3)c3ccccc23)cc1. The molecular weight excluding hydrogens is 558 g/mol. The molecule has 0 aliphatic rings. The van der Waals surface area contributed by atoms with E-state index in [1.807, 2.05) is 48.5 Å². The molecule has 0 fully saturated rings. The average molecular weight is 586 g/mol. The largest absolute Gasteiger partial charge is 0.228 e. The van der Waals surface area contributed by atoms with Gasteiger partial charge in [0.05, 0.1) is 23.0 Å². The molecule has 0 amide bonds. The van der Waals surface area contributed by atoms with Gasteiger partial charge in [0.1, 0.15) is 0 Å². The van der Waals surface area contributed by atoms with Crippen LogP contribution < -0.4 is 0 Å². The number of aromatic nitrogens is 2. The highest BCUT2D eigenvalue weighted by Crippen LogP contribution is 2.39. The third-order valence-corrected chi connectivity index (χ3v) is 8.57. The predicted molar refractivity (Wildman–Crippen MR) is 189 cm³/mol. The van der Waals surface area contributed by atoms with Crippen LogP contribution in [0.3, 0.4) is 0 Å². The van der Waals surface area contributed by atoms with E-state index in [4.69, 9.17) is 9.97 Å². The van der Waals surface area contributed by atoms with Crippen LogP contribution >= 0.6 is 0 Å². The first kappa shape index (κ1) is 27.2. The van der Waals surface area contributed by atoms with E-state index in [-0.39, 0.29) is 0 Å². The molecule has 0 saturated heterocycles. The van der Waals surface area contributed by atoms with E-state index < -0.39 is 0 Å². The molecule has 0 saturated carbocycles. The second-order valence-electron chi connectivity index (χ2n) is 11.3. The summed E-state index contributed by atoms with van der Waals surface area (Å²) in [6, 6.07) is 58.6. The summed E-state index contributed by atoms with van der Waals surface area (Å²) in [5.41, 5.74) is 10.0. The first-order valence-corrected chi connectivity index (χ1v) is 15.3. The van der Waals surface area contributed by atoms with Gasteiger partial charge in [-0.15, -0.1) is 0 Å². The average Bonchev–Trinajstić information content (AvgIpc) is 3.14. The third-order valence-electron chi connectivity index (χ3n) is 8.57. The van der Waals surface area contributed by atoms with Crippen molar-refractivity contribution in [3.63, 3.8) is 0 Å². The van der Waals surface area contributed by atoms with E-state index >= 15 is 0 Å². The maximum atomic E-state index is 9.30. The van der Waals surface area contributed by atoms with Gasteiger partial charge in [-0.2, -0.15) is 5.26 Å². The minimum Gasteiger partial charge on any atom is -0.228 e. The van der Waals surface area contributed by atoms with Crippen molar-refractivity contribution >= 4 is 21.5 Å². The summed E-state index contributed by atoms with van der Waals surface area (Å²) in [6.07, 6.45) is 0. The molecule has 3 nitrogen and oxygen atoms in total. The maximum Gasteiger partial charge on any atom is 0.160 e. The first-order valence-electron chi connectivity index (χ1n) is 15.3. The van der Waals surface area contributed by atoms with Gasteiger partial charge in [0.15, 0.2) is 5.82 Å². The smallest absolute Gasteiger partial charge is 0.160 e. The first-order chi connectivity index (χ1) is 22.8. The van der Waals surface area contributed by atoms with Crippen molar-refractivity contribution in [2.24, 2.45) is 0 Å². The summed E-state index contributed by atoms with van der Waals surface area (Å²) in [7, 11) is 0. The lowest BCUT2D eigenvalue weighted by Gasteiger charge is -2.15. The Morgan fingerprint density at radius 1 is 0.370 bits per heavy atom. The molecule has 7 aromatic carbocycles. The second kappa shape index (κ2) is 11.6. The van der Waals surface area contributed by atoms with Crippen LogP contribution in [-0.2, 0) is 0 Å². The lowest BCUT2D eigenvalue weighted by atomic mass is 9.92. The van der Waals surface area contributed by atoms with Crippen molar-refractivity contribution in [1.29, 1.82) is 5.26 Å². The highest BCUT2D eigenvalue weighted by atomic mass is 14.9. The van der Waals surface area contributed by atoms with E-state index in [0.717, 1.165) is 55.4 Å². The highest BCUT2D eigenvalue weighted by Gasteiger charge is 2.17. The maximum absolute atomic E-state index is 9.30. The fourth-order valence-electron chi connectivity index (χ4n) is 6.33. The summed E-state index contributed by atoms with van der Waals surface area (Å²) >= 11 is 0. The third kappa shape index (κ3) is 4.89. The molecule has 214 valence electrons. The van der Waals surface area contributed by atoms with E-state index in [1.165, 1.54) is 16.5 Å². The van der Waals surface area contributed by atoms with Crippen LogP contribution in [0.25, 0.3) is 77.7 Å². The lowest BCUT2D eigenvalue weighted by molar-refractivity contribution is 1.19. The van der Waals surface area contributed by atoms with Crippen molar-refractivity contribution in [1.82, 2.24) is 9.97 Å². The van der Waals surface area contributed by atoms with Gasteiger partial charge in [-0.05, 0) is 62.0 Å². The van der Waals surface area contributed by atoms with Crippen molar-refractivity contribution in [2.75, 3.05) is 0 Å². The molecule has 0 aliphatic heterocycles. The summed E-state index contributed by atoms with van der Waals surface area (Å²) in [5.74, 6) is 0.685. The Labute approximate surface area is 267 Å². The molecular formula is C43H27N3. The number of hydrogen-bond donors (Lipinski definition) is 0. The van der Waals surface area contributed by atoms with E-state index in [0.29, 0.717) is 11.4 Å². The van der Waals surface area contributed by atoms with E-state index in [9.17, 15) is 5.26 Å². The molecule has 0 bridgehead atoms. The summed E-state index contributed by atoms with van der Waals surface area (Å²) < 4.78 is 0. The number of benzene rings is 7. The second-order valence-corrected chi connectivity index (χ2v) is 11.3. The molecule has 0 radical (unpaired) electrons. The van der Waals surface area contributed by atoms with Gasteiger partial charge in [0, 0.05) is 16.7 Å². The molecule has 1 heterocycles. The van der Waals surface area contributed by atoms with Gasteiger partial charge in [-0.1, -0.05) is 146 Å². The Morgan fingerprint density at radius 2 is 0.761 bits per heavy atom. The molecule has 8 aromatic rings. The number of nitriles is 1. The van der Waals surface area contributed by atoms with Gasteiger partial charge >= 0.3 is 0 Å². The lowest BCUT2D eigenvalue weighted by Crippen LogP contribution is -1.97. The van der Waals surface area contributed by atoms with Crippen LogP contribution in [0.4, 0.5) is 0 Å². The monoisotopic (exact) mass is 585 g/mol. The minimum atomic E-state index is 0.649. The van der Waals surface area contributed by atoms with Crippen LogP contribution in [0.1, 0.15) is 5.56 Å². The van der Waals surface area contributed by atoms with Crippen molar-refractivity contribution in [3.8, 4) is 62.2 Å². The van der Waals surface area contributed by atoms with Crippen molar-refractivity contribution in [2.45, 2.75) is 0 Å². The molecule has 0 N–H and O–H groups in total. The Morgan fingerprint density at radius 3 is 1.24 bits per heavy atom. The normalized spacial score (nSPS) is 11.0. The number of rotatable bonds is 5. The number of hydrogen-bond acceptors (Lipinski definition) is 3. The van der Waals surface area contributed by atoms with Crippen LogP contribution in [0.5, 0.6) is 0 Å². The molecule has 8 rings (SSSR count).